The van der Waals surface area contributed by atoms with Crippen LogP contribution in [0.4, 0.5) is 14.5 Å². The molecule has 0 aliphatic heterocycles. The molecule has 0 aromatic heterocycles. The Bertz CT molecular complexity index is 626. The molecule has 1 N–H and O–H groups in total. The van der Waals surface area contributed by atoms with Crippen molar-refractivity contribution in [2.75, 3.05) is 5.32 Å². The molecule has 2 rings (SSSR count). The van der Waals surface area contributed by atoms with Crippen LogP contribution in [-0.4, -0.2) is 0 Å². The van der Waals surface area contributed by atoms with Crippen LogP contribution in [0.2, 0.25) is 5.02 Å². The van der Waals surface area contributed by atoms with E-state index < -0.39 is 5.82 Å². The molecule has 0 saturated heterocycles. The minimum atomic E-state index is -0.435. The zero-order valence-corrected chi connectivity index (χ0v) is 14.3. The van der Waals surface area contributed by atoms with Gasteiger partial charge in [0.2, 0.25) is 0 Å². The van der Waals surface area contributed by atoms with Crippen molar-refractivity contribution in [1.29, 1.82) is 0 Å². The summed E-state index contributed by atoms with van der Waals surface area (Å²) in [6, 6.07) is 7.04. The largest absolute Gasteiger partial charge is 0.376 e. The highest BCUT2D eigenvalue weighted by Crippen LogP contribution is 2.34. The van der Waals surface area contributed by atoms with Crippen LogP contribution in [0, 0.1) is 11.6 Å². The van der Waals surface area contributed by atoms with Crippen LogP contribution in [0.1, 0.15) is 18.5 Å². The summed E-state index contributed by atoms with van der Waals surface area (Å²) in [5.41, 5.74) is 1.03. The lowest BCUT2D eigenvalue weighted by Crippen LogP contribution is -2.09. The molecule has 0 bridgehead atoms. The first-order chi connectivity index (χ1) is 9.38. The Morgan fingerprint density at radius 1 is 1.15 bits per heavy atom. The Kier molecular flexibility index (Phi) is 5.04. The second-order valence-electron chi connectivity index (χ2n) is 4.28. The third kappa shape index (κ3) is 3.51. The lowest BCUT2D eigenvalue weighted by molar-refractivity contribution is 0.599. The Hall–Kier alpha value is -0.650. The molecule has 0 amide bonds. The number of halogens is 5. The summed E-state index contributed by atoms with van der Waals surface area (Å²) in [5, 5.41) is 3.32. The van der Waals surface area contributed by atoms with Crippen LogP contribution in [0.15, 0.2) is 39.3 Å². The van der Waals surface area contributed by atoms with E-state index in [-0.39, 0.29) is 16.9 Å². The van der Waals surface area contributed by atoms with Crippen molar-refractivity contribution in [2.24, 2.45) is 0 Å². The maximum absolute atomic E-state index is 13.9. The summed E-state index contributed by atoms with van der Waals surface area (Å²) in [6.45, 7) is 1.80. The molecule has 106 valence electrons. The van der Waals surface area contributed by atoms with Gasteiger partial charge in [-0.1, -0.05) is 33.6 Å². The minimum Gasteiger partial charge on any atom is -0.376 e. The molecule has 1 nitrogen and oxygen atoms in total. The van der Waals surface area contributed by atoms with Crippen LogP contribution < -0.4 is 5.32 Å². The van der Waals surface area contributed by atoms with Crippen molar-refractivity contribution in [2.45, 2.75) is 13.0 Å². The van der Waals surface area contributed by atoms with E-state index >= 15 is 0 Å². The van der Waals surface area contributed by atoms with E-state index in [0.717, 1.165) is 0 Å². The third-order valence-electron chi connectivity index (χ3n) is 2.80. The topological polar surface area (TPSA) is 12.0 Å². The number of rotatable bonds is 3. The van der Waals surface area contributed by atoms with Gasteiger partial charge in [-0.05, 0) is 47.1 Å². The molecular formula is C14H10Br2ClF2N. The monoisotopic (exact) mass is 423 g/mol. The van der Waals surface area contributed by atoms with Gasteiger partial charge in [0.25, 0.3) is 0 Å². The van der Waals surface area contributed by atoms with Crippen molar-refractivity contribution in [3.8, 4) is 0 Å². The van der Waals surface area contributed by atoms with Crippen molar-refractivity contribution in [3.05, 3.63) is 61.5 Å². The quantitative estimate of drug-likeness (QED) is 0.607. The first-order valence-electron chi connectivity index (χ1n) is 5.74. The molecule has 0 fully saturated rings. The highest BCUT2D eigenvalue weighted by molar-refractivity contribution is 9.10. The van der Waals surface area contributed by atoms with Gasteiger partial charge < -0.3 is 5.32 Å². The van der Waals surface area contributed by atoms with E-state index in [1.54, 1.807) is 19.1 Å². The Labute approximate surface area is 137 Å². The summed E-state index contributed by atoms with van der Waals surface area (Å²) in [4.78, 5) is 0. The van der Waals surface area contributed by atoms with E-state index in [2.05, 4.69) is 37.2 Å². The van der Waals surface area contributed by atoms with Gasteiger partial charge in [0.05, 0.1) is 16.8 Å². The predicted octanol–water partition coefficient (Wildman–Crippen LogP) is 6.32. The standard InChI is InChI=1S/C14H10Br2ClF2N/c1-7(10-3-2-8(15)4-13(10)19)20-14-11(16)5-9(18)6-12(14)17/h2-7,20H,1H3. The molecule has 2 aromatic rings. The number of benzene rings is 2. The zero-order chi connectivity index (χ0) is 14.9. The molecule has 0 spiro atoms. The molecule has 1 atom stereocenters. The van der Waals surface area contributed by atoms with Crippen molar-refractivity contribution in [1.82, 2.24) is 0 Å². The van der Waals surface area contributed by atoms with Crippen LogP contribution in [0.5, 0.6) is 0 Å². The Morgan fingerprint density at radius 2 is 1.85 bits per heavy atom. The number of nitrogens with one attached hydrogen (secondary N) is 1. The minimum absolute atomic E-state index is 0.237. The maximum Gasteiger partial charge on any atom is 0.129 e. The zero-order valence-electron chi connectivity index (χ0n) is 10.4. The molecule has 0 radical (unpaired) electrons. The predicted molar refractivity (Wildman–Crippen MR) is 85.2 cm³/mol. The molecule has 0 aliphatic rings. The van der Waals surface area contributed by atoms with Crippen molar-refractivity contribution < 1.29 is 8.78 Å². The summed E-state index contributed by atoms with van der Waals surface area (Å²) in [7, 11) is 0. The van der Waals surface area contributed by atoms with Gasteiger partial charge in [-0.15, -0.1) is 0 Å². The molecule has 0 aliphatic carbocycles. The third-order valence-corrected chi connectivity index (χ3v) is 4.21. The molecule has 0 saturated carbocycles. The molecule has 2 aromatic carbocycles. The fourth-order valence-electron chi connectivity index (χ4n) is 1.83. The van der Waals surface area contributed by atoms with Gasteiger partial charge in [-0.2, -0.15) is 0 Å². The van der Waals surface area contributed by atoms with E-state index in [1.165, 1.54) is 18.2 Å². The van der Waals surface area contributed by atoms with Crippen molar-refractivity contribution >= 4 is 49.1 Å². The second kappa shape index (κ2) is 6.41. The normalized spacial score (nSPS) is 12.3. The summed E-state index contributed by atoms with van der Waals surface area (Å²) in [6.07, 6.45) is 0. The average molecular weight is 425 g/mol. The van der Waals surface area contributed by atoms with Gasteiger partial charge in [0.15, 0.2) is 0 Å². The summed E-state index contributed by atoms with van der Waals surface area (Å²) >= 11 is 12.5. The van der Waals surface area contributed by atoms with Crippen LogP contribution in [-0.2, 0) is 0 Å². The summed E-state index contributed by atoms with van der Waals surface area (Å²) in [5.74, 6) is -0.761. The average Bonchev–Trinajstić information content (AvgIpc) is 2.33. The Balaban J connectivity index is 2.30. The molecule has 6 heteroatoms. The van der Waals surface area contributed by atoms with E-state index in [1.807, 2.05) is 0 Å². The molecule has 1 unspecified atom stereocenters. The van der Waals surface area contributed by atoms with E-state index in [0.29, 0.717) is 20.2 Å². The fourth-order valence-corrected chi connectivity index (χ4v) is 3.08. The first-order valence-corrected chi connectivity index (χ1v) is 7.71. The van der Waals surface area contributed by atoms with Crippen molar-refractivity contribution in [3.63, 3.8) is 0 Å². The highest BCUT2D eigenvalue weighted by Gasteiger charge is 2.15. The molecule has 0 heterocycles. The maximum atomic E-state index is 13.9. The highest BCUT2D eigenvalue weighted by atomic mass is 79.9. The van der Waals surface area contributed by atoms with Gasteiger partial charge in [0.1, 0.15) is 11.6 Å². The molecule has 20 heavy (non-hydrogen) atoms. The van der Waals surface area contributed by atoms with Crippen LogP contribution in [0.25, 0.3) is 0 Å². The molecular weight excluding hydrogens is 415 g/mol. The number of hydrogen-bond acceptors (Lipinski definition) is 1. The van der Waals surface area contributed by atoms with E-state index in [9.17, 15) is 8.78 Å². The number of anilines is 1. The lowest BCUT2D eigenvalue weighted by Gasteiger charge is -2.19. The summed E-state index contributed by atoms with van der Waals surface area (Å²) < 4.78 is 28.2. The second-order valence-corrected chi connectivity index (χ2v) is 6.45. The van der Waals surface area contributed by atoms with Gasteiger partial charge in [0, 0.05) is 14.5 Å². The smallest absolute Gasteiger partial charge is 0.129 e. The first kappa shape index (κ1) is 15.7. The van der Waals surface area contributed by atoms with Crippen LogP contribution in [0.3, 0.4) is 0 Å². The number of hydrogen-bond donors (Lipinski definition) is 1. The van der Waals surface area contributed by atoms with Gasteiger partial charge >= 0.3 is 0 Å². The van der Waals surface area contributed by atoms with E-state index in [4.69, 9.17) is 11.6 Å². The van der Waals surface area contributed by atoms with Gasteiger partial charge in [-0.3, -0.25) is 0 Å². The lowest BCUT2D eigenvalue weighted by atomic mass is 10.1. The fraction of sp³-hybridized carbons (Fsp3) is 0.143. The van der Waals surface area contributed by atoms with Crippen LogP contribution >= 0.6 is 43.5 Å². The SMILES string of the molecule is CC(Nc1c(Cl)cc(F)cc1Br)c1ccc(Br)cc1F. The Morgan fingerprint density at radius 3 is 2.45 bits per heavy atom. The van der Waals surface area contributed by atoms with Gasteiger partial charge in [-0.25, -0.2) is 8.78 Å².